The van der Waals surface area contributed by atoms with Gasteiger partial charge in [-0.05, 0) is 26.9 Å². The van der Waals surface area contributed by atoms with Crippen molar-refractivity contribution in [2.45, 2.75) is 31.4 Å². The molecule has 100 valence electrons. The fraction of sp³-hybridized carbons (Fsp3) is 0.917. The van der Waals surface area contributed by atoms with Gasteiger partial charge in [-0.15, -0.1) is 0 Å². The SMILES string of the molecule is COC1CCN(C(=O)CCN(C)C)C(CN)C1. The van der Waals surface area contributed by atoms with Crippen LogP contribution in [0.2, 0.25) is 0 Å². The van der Waals surface area contributed by atoms with Gasteiger partial charge < -0.3 is 20.3 Å². The molecule has 5 heteroatoms. The zero-order chi connectivity index (χ0) is 12.8. The first-order chi connectivity index (χ1) is 8.08. The van der Waals surface area contributed by atoms with Gasteiger partial charge in [0.05, 0.1) is 6.10 Å². The minimum absolute atomic E-state index is 0.142. The summed E-state index contributed by atoms with van der Waals surface area (Å²) in [6, 6.07) is 0.142. The number of nitrogens with two attached hydrogens (primary N) is 1. The smallest absolute Gasteiger partial charge is 0.224 e. The Morgan fingerprint density at radius 2 is 2.24 bits per heavy atom. The Morgan fingerprint density at radius 3 is 2.76 bits per heavy atom. The Bertz CT molecular complexity index is 246. The van der Waals surface area contributed by atoms with Gasteiger partial charge in [0.2, 0.25) is 5.91 Å². The summed E-state index contributed by atoms with van der Waals surface area (Å²) in [4.78, 5) is 16.0. The molecule has 17 heavy (non-hydrogen) atoms. The molecule has 0 aromatic carbocycles. The predicted octanol–water partition coefficient (Wildman–Crippen LogP) is -0.0972. The normalized spacial score (nSPS) is 25.4. The molecule has 0 aromatic heterocycles. The van der Waals surface area contributed by atoms with Crippen molar-refractivity contribution >= 4 is 5.91 Å². The number of methoxy groups -OCH3 is 1. The molecular weight excluding hydrogens is 218 g/mol. The van der Waals surface area contributed by atoms with Gasteiger partial charge in [-0.3, -0.25) is 4.79 Å². The lowest BCUT2D eigenvalue weighted by atomic mass is 9.99. The highest BCUT2D eigenvalue weighted by molar-refractivity contribution is 5.76. The van der Waals surface area contributed by atoms with Crippen molar-refractivity contribution in [1.29, 1.82) is 0 Å². The second-order valence-corrected chi connectivity index (χ2v) is 4.91. The van der Waals surface area contributed by atoms with E-state index in [0.29, 0.717) is 13.0 Å². The predicted molar refractivity (Wildman–Crippen MR) is 67.8 cm³/mol. The van der Waals surface area contributed by atoms with Gasteiger partial charge >= 0.3 is 0 Å². The summed E-state index contributed by atoms with van der Waals surface area (Å²) in [5.74, 6) is 0.212. The maximum absolute atomic E-state index is 12.1. The molecule has 2 N–H and O–H groups in total. The third-order valence-electron chi connectivity index (χ3n) is 3.37. The quantitative estimate of drug-likeness (QED) is 0.733. The highest BCUT2D eigenvalue weighted by atomic mass is 16.5. The summed E-state index contributed by atoms with van der Waals surface area (Å²) < 4.78 is 5.35. The van der Waals surface area contributed by atoms with Crippen molar-refractivity contribution in [1.82, 2.24) is 9.80 Å². The summed E-state index contributed by atoms with van der Waals surface area (Å²) >= 11 is 0. The Kier molecular flexibility index (Phi) is 5.88. The number of piperidine rings is 1. The molecule has 1 aliphatic heterocycles. The lowest BCUT2D eigenvalue weighted by Crippen LogP contribution is -2.51. The molecule has 1 heterocycles. The van der Waals surface area contributed by atoms with E-state index in [0.717, 1.165) is 25.9 Å². The van der Waals surface area contributed by atoms with Crippen LogP contribution in [-0.2, 0) is 9.53 Å². The summed E-state index contributed by atoms with van der Waals surface area (Å²) in [6.07, 6.45) is 2.60. The fourth-order valence-corrected chi connectivity index (χ4v) is 2.24. The van der Waals surface area contributed by atoms with Crippen molar-refractivity contribution in [3.05, 3.63) is 0 Å². The molecule has 1 saturated heterocycles. The van der Waals surface area contributed by atoms with Crippen LogP contribution in [0, 0.1) is 0 Å². The molecule has 0 aliphatic carbocycles. The van der Waals surface area contributed by atoms with Gasteiger partial charge in [-0.25, -0.2) is 0 Å². The van der Waals surface area contributed by atoms with Gasteiger partial charge in [0, 0.05) is 39.2 Å². The monoisotopic (exact) mass is 243 g/mol. The number of rotatable bonds is 5. The van der Waals surface area contributed by atoms with Crippen LogP contribution in [0.3, 0.4) is 0 Å². The van der Waals surface area contributed by atoms with Gasteiger partial charge in [0.25, 0.3) is 0 Å². The van der Waals surface area contributed by atoms with Gasteiger partial charge in [-0.2, -0.15) is 0 Å². The first-order valence-electron chi connectivity index (χ1n) is 6.25. The van der Waals surface area contributed by atoms with Crippen LogP contribution in [0.1, 0.15) is 19.3 Å². The van der Waals surface area contributed by atoms with Crippen LogP contribution in [0.15, 0.2) is 0 Å². The molecule has 0 radical (unpaired) electrons. The van der Waals surface area contributed by atoms with Crippen molar-refractivity contribution in [2.24, 2.45) is 5.73 Å². The lowest BCUT2D eigenvalue weighted by molar-refractivity contribution is -0.137. The molecule has 2 unspecified atom stereocenters. The number of carbonyl (C=O) groups is 1. The van der Waals surface area contributed by atoms with E-state index in [4.69, 9.17) is 10.5 Å². The topological polar surface area (TPSA) is 58.8 Å². The van der Waals surface area contributed by atoms with Gasteiger partial charge in [0.1, 0.15) is 0 Å². The largest absolute Gasteiger partial charge is 0.381 e. The minimum atomic E-state index is 0.142. The standard InChI is InChI=1S/C12H25N3O2/c1-14(2)6-5-12(16)15-7-4-11(17-3)8-10(15)9-13/h10-11H,4-9,13H2,1-3H3. The van der Waals surface area contributed by atoms with E-state index in [9.17, 15) is 4.79 Å². The van der Waals surface area contributed by atoms with Crippen LogP contribution >= 0.6 is 0 Å². The number of likely N-dealkylation sites (tertiary alicyclic amines) is 1. The molecule has 0 bridgehead atoms. The van der Waals surface area contributed by atoms with E-state index in [2.05, 4.69) is 0 Å². The van der Waals surface area contributed by atoms with E-state index < -0.39 is 0 Å². The van der Waals surface area contributed by atoms with E-state index in [-0.39, 0.29) is 18.1 Å². The number of hydrogen-bond donors (Lipinski definition) is 1. The minimum Gasteiger partial charge on any atom is -0.381 e. The number of amides is 1. The maximum Gasteiger partial charge on any atom is 0.224 e. The zero-order valence-corrected chi connectivity index (χ0v) is 11.2. The van der Waals surface area contributed by atoms with E-state index in [1.54, 1.807) is 7.11 Å². The van der Waals surface area contributed by atoms with E-state index in [1.807, 2.05) is 23.9 Å². The molecule has 0 saturated carbocycles. The number of carbonyl (C=O) groups excluding carboxylic acids is 1. The molecule has 2 atom stereocenters. The molecule has 1 fully saturated rings. The third kappa shape index (κ3) is 4.26. The molecule has 1 aliphatic rings. The Hall–Kier alpha value is -0.650. The van der Waals surface area contributed by atoms with E-state index >= 15 is 0 Å². The summed E-state index contributed by atoms with van der Waals surface area (Å²) in [5.41, 5.74) is 5.74. The Labute approximate surface area is 104 Å². The van der Waals surface area contributed by atoms with Gasteiger partial charge in [0.15, 0.2) is 0 Å². The highest BCUT2D eigenvalue weighted by Crippen LogP contribution is 2.19. The van der Waals surface area contributed by atoms with Crippen molar-refractivity contribution in [2.75, 3.05) is 40.8 Å². The van der Waals surface area contributed by atoms with Crippen LogP contribution in [-0.4, -0.2) is 68.7 Å². The van der Waals surface area contributed by atoms with Crippen molar-refractivity contribution < 1.29 is 9.53 Å². The van der Waals surface area contributed by atoms with Crippen LogP contribution in [0.25, 0.3) is 0 Å². The average molecular weight is 243 g/mol. The fourth-order valence-electron chi connectivity index (χ4n) is 2.24. The second-order valence-electron chi connectivity index (χ2n) is 4.91. The third-order valence-corrected chi connectivity index (χ3v) is 3.37. The summed E-state index contributed by atoms with van der Waals surface area (Å²) in [6.45, 7) is 2.08. The van der Waals surface area contributed by atoms with Crippen LogP contribution in [0.4, 0.5) is 0 Å². The Balaban J connectivity index is 2.48. The highest BCUT2D eigenvalue weighted by Gasteiger charge is 2.30. The van der Waals surface area contributed by atoms with Gasteiger partial charge in [-0.1, -0.05) is 0 Å². The lowest BCUT2D eigenvalue weighted by Gasteiger charge is -2.38. The number of nitrogens with zero attached hydrogens (tertiary/aromatic N) is 2. The average Bonchev–Trinajstić information content (AvgIpc) is 2.34. The molecule has 0 spiro atoms. The first-order valence-corrected chi connectivity index (χ1v) is 6.25. The van der Waals surface area contributed by atoms with Crippen LogP contribution in [0.5, 0.6) is 0 Å². The molecule has 0 aromatic rings. The first kappa shape index (κ1) is 14.4. The van der Waals surface area contributed by atoms with Crippen LogP contribution < -0.4 is 5.73 Å². The zero-order valence-electron chi connectivity index (χ0n) is 11.2. The molecule has 5 nitrogen and oxygen atoms in total. The number of ether oxygens (including phenoxy) is 1. The molecule has 1 amide bonds. The van der Waals surface area contributed by atoms with E-state index in [1.165, 1.54) is 0 Å². The van der Waals surface area contributed by atoms with Crippen molar-refractivity contribution in [3.8, 4) is 0 Å². The Morgan fingerprint density at radius 1 is 1.53 bits per heavy atom. The maximum atomic E-state index is 12.1. The summed E-state index contributed by atoms with van der Waals surface area (Å²) in [5, 5.41) is 0. The second kappa shape index (κ2) is 6.93. The molecule has 1 rings (SSSR count). The summed E-state index contributed by atoms with van der Waals surface area (Å²) in [7, 11) is 5.68. The molecular formula is C12H25N3O2. The number of hydrogen-bond acceptors (Lipinski definition) is 4. The van der Waals surface area contributed by atoms with Crippen molar-refractivity contribution in [3.63, 3.8) is 0 Å².